The van der Waals surface area contributed by atoms with Crippen molar-refractivity contribution in [3.8, 4) is 34.1 Å². The summed E-state index contributed by atoms with van der Waals surface area (Å²) in [6, 6.07) is 17.1. The average molecular weight is 504 g/mol. The Morgan fingerprint density at radius 1 is 0.763 bits per heavy atom. The van der Waals surface area contributed by atoms with Gasteiger partial charge in [0.05, 0.1) is 10.9 Å². The van der Waals surface area contributed by atoms with Gasteiger partial charge in [-0.3, -0.25) is 0 Å². The van der Waals surface area contributed by atoms with Crippen molar-refractivity contribution >= 4 is 21.7 Å². The monoisotopic (exact) mass is 503 g/mol. The number of benzene rings is 3. The van der Waals surface area contributed by atoms with E-state index in [1.54, 1.807) is 0 Å². The molecule has 0 radical (unpaired) electrons. The second kappa shape index (κ2) is 8.07. The van der Waals surface area contributed by atoms with Crippen LogP contribution >= 0.6 is 0 Å². The third-order valence-corrected chi connectivity index (χ3v) is 7.61. The number of nitrogens with zero attached hydrogens (tertiary/aromatic N) is 4. The Morgan fingerprint density at radius 3 is 2.08 bits per heavy atom. The van der Waals surface area contributed by atoms with E-state index in [1.165, 1.54) is 27.5 Å². The first-order valence-electron chi connectivity index (χ1n) is 13.3. The SMILES string of the molecule is Cc1cc2cccc3c2c(c1C)-c1c(cc2c(-c4nc(C(C)(C)C)nc(C(C)(C)C)n4)cccc2[n+]1C)O3. The van der Waals surface area contributed by atoms with Crippen LogP contribution in [0.1, 0.15) is 64.3 Å². The van der Waals surface area contributed by atoms with Crippen LogP contribution in [0, 0.1) is 13.8 Å². The summed E-state index contributed by atoms with van der Waals surface area (Å²) < 4.78 is 8.87. The molecule has 5 heteroatoms. The predicted octanol–water partition coefficient (Wildman–Crippen LogP) is 7.65. The van der Waals surface area contributed by atoms with Crippen LogP contribution in [0.2, 0.25) is 0 Å². The summed E-state index contributed by atoms with van der Waals surface area (Å²) >= 11 is 0. The molecule has 0 saturated carbocycles. The van der Waals surface area contributed by atoms with E-state index in [2.05, 4.69) is 116 Å². The molecule has 5 aromatic rings. The summed E-state index contributed by atoms with van der Waals surface area (Å²) in [4.78, 5) is 14.9. The standard InChI is InChI=1S/C33H35N4O/c1-18-16-20-12-10-15-24-27(20)26(19(18)2)28-25(38-24)17-22-21(13-11-14-23(22)37(28)9)29-34-30(32(3,4)5)36-31(35-29)33(6,7)8/h10-17H,1-9H3/q+1. The van der Waals surface area contributed by atoms with Crippen LogP contribution in [0.25, 0.3) is 44.3 Å². The highest BCUT2D eigenvalue weighted by Gasteiger charge is 2.33. The molecule has 0 fully saturated rings. The Bertz CT molecular complexity index is 1760. The van der Waals surface area contributed by atoms with Crippen LogP contribution < -0.4 is 9.30 Å². The largest absolute Gasteiger partial charge is 0.450 e. The Kier molecular flexibility index (Phi) is 5.20. The fourth-order valence-electron chi connectivity index (χ4n) is 5.37. The van der Waals surface area contributed by atoms with Crippen LogP contribution in [-0.4, -0.2) is 15.0 Å². The van der Waals surface area contributed by atoms with Crippen molar-refractivity contribution in [2.45, 2.75) is 66.2 Å². The molecule has 3 heterocycles. The van der Waals surface area contributed by atoms with E-state index < -0.39 is 0 Å². The fraction of sp³-hybridized carbons (Fsp3) is 0.333. The number of aryl methyl sites for hydroxylation is 2. The highest BCUT2D eigenvalue weighted by molar-refractivity contribution is 6.05. The first-order chi connectivity index (χ1) is 17.8. The van der Waals surface area contributed by atoms with Gasteiger partial charge in [-0.25, -0.2) is 15.0 Å². The zero-order valence-corrected chi connectivity index (χ0v) is 23.8. The number of pyridine rings is 1. The zero-order chi connectivity index (χ0) is 27.1. The Morgan fingerprint density at radius 2 is 1.42 bits per heavy atom. The Labute approximate surface area is 224 Å². The lowest BCUT2D eigenvalue weighted by molar-refractivity contribution is -0.633. The van der Waals surface area contributed by atoms with E-state index in [0.717, 1.165) is 45.3 Å². The second-order valence-corrected chi connectivity index (χ2v) is 12.6. The van der Waals surface area contributed by atoms with E-state index in [4.69, 9.17) is 19.7 Å². The minimum atomic E-state index is -0.201. The first kappa shape index (κ1) is 24.5. The highest BCUT2D eigenvalue weighted by Crippen LogP contribution is 2.48. The van der Waals surface area contributed by atoms with Gasteiger partial charge in [-0.1, -0.05) is 71.9 Å². The highest BCUT2D eigenvalue weighted by atomic mass is 16.5. The molecule has 0 atom stereocenters. The van der Waals surface area contributed by atoms with Crippen molar-refractivity contribution in [2.75, 3.05) is 0 Å². The van der Waals surface area contributed by atoms with Gasteiger partial charge in [-0.15, -0.1) is 0 Å². The van der Waals surface area contributed by atoms with Crippen molar-refractivity contribution in [1.29, 1.82) is 0 Å². The third-order valence-electron chi connectivity index (χ3n) is 7.61. The van der Waals surface area contributed by atoms with E-state index in [0.29, 0.717) is 5.82 Å². The molecule has 5 nitrogen and oxygen atoms in total. The van der Waals surface area contributed by atoms with Gasteiger partial charge in [-0.05, 0) is 36.4 Å². The van der Waals surface area contributed by atoms with Crippen molar-refractivity contribution < 1.29 is 9.30 Å². The molecule has 192 valence electrons. The van der Waals surface area contributed by atoms with Crippen molar-refractivity contribution in [2.24, 2.45) is 7.05 Å². The lowest BCUT2D eigenvalue weighted by Gasteiger charge is -2.24. The number of hydrogen-bond acceptors (Lipinski definition) is 4. The average Bonchev–Trinajstić information content (AvgIpc) is 2.85. The number of hydrogen-bond donors (Lipinski definition) is 0. The lowest BCUT2D eigenvalue weighted by atomic mass is 9.90. The normalized spacial score (nSPS) is 13.1. The summed E-state index contributed by atoms with van der Waals surface area (Å²) in [6.45, 7) is 17.3. The summed E-state index contributed by atoms with van der Waals surface area (Å²) in [5.41, 5.74) is 6.59. The lowest BCUT2D eigenvalue weighted by Crippen LogP contribution is -2.33. The minimum absolute atomic E-state index is 0.201. The van der Waals surface area contributed by atoms with Crippen LogP contribution in [0.3, 0.4) is 0 Å². The number of rotatable bonds is 1. The zero-order valence-electron chi connectivity index (χ0n) is 23.8. The molecular formula is C33H35N4O+. The Balaban J connectivity index is 1.67. The maximum absolute atomic E-state index is 6.61. The predicted molar refractivity (Wildman–Crippen MR) is 154 cm³/mol. The molecule has 0 saturated heterocycles. The molecule has 0 bridgehead atoms. The van der Waals surface area contributed by atoms with Crippen molar-refractivity contribution in [3.63, 3.8) is 0 Å². The van der Waals surface area contributed by atoms with Gasteiger partial charge in [0.25, 0.3) is 5.69 Å². The first-order valence-corrected chi connectivity index (χ1v) is 13.3. The molecule has 2 aromatic heterocycles. The molecule has 3 aromatic carbocycles. The third kappa shape index (κ3) is 3.67. The van der Waals surface area contributed by atoms with Crippen LogP contribution in [0.5, 0.6) is 11.5 Å². The van der Waals surface area contributed by atoms with Gasteiger partial charge in [0, 0.05) is 33.9 Å². The van der Waals surface area contributed by atoms with Gasteiger partial charge < -0.3 is 4.74 Å². The maximum atomic E-state index is 6.61. The van der Waals surface area contributed by atoms with E-state index in [9.17, 15) is 0 Å². The molecule has 0 unspecified atom stereocenters. The van der Waals surface area contributed by atoms with E-state index >= 15 is 0 Å². The summed E-state index contributed by atoms with van der Waals surface area (Å²) in [6.07, 6.45) is 0. The maximum Gasteiger partial charge on any atom is 0.256 e. The minimum Gasteiger partial charge on any atom is -0.450 e. The summed E-state index contributed by atoms with van der Waals surface area (Å²) in [7, 11) is 2.13. The van der Waals surface area contributed by atoms with Gasteiger partial charge in [0.2, 0.25) is 5.52 Å². The van der Waals surface area contributed by atoms with Crippen LogP contribution in [0.15, 0.2) is 48.5 Å². The van der Waals surface area contributed by atoms with Gasteiger partial charge >= 0.3 is 0 Å². The Hall–Kier alpha value is -3.86. The van der Waals surface area contributed by atoms with Gasteiger partial charge in [0.15, 0.2) is 11.6 Å². The summed E-state index contributed by atoms with van der Waals surface area (Å²) in [5.74, 6) is 4.05. The molecule has 0 amide bonds. The molecule has 1 aliphatic rings. The quantitative estimate of drug-likeness (QED) is 0.216. The smallest absolute Gasteiger partial charge is 0.256 e. The van der Waals surface area contributed by atoms with Crippen LogP contribution in [-0.2, 0) is 17.9 Å². The number of aromatic nitrogens is 4. The topological polar surface area (TPSA) is 51.8 Å². The van der Waals surface area contributed by atoms with Crippen molar-refractivity contribution in [3.05, 3.63) is 71.3 Å². The van der Waals surface area contributed by atoms with Gasteiger partial charge in [-0.2, -0.15) is 4.57 Å². The molecule has 0 spiro atoms. The van der Waals surface area contributed by atoms with Crippen molar-refractivity contribution in [1.82, 2.24) is 15.0 Å². The van der Waals surface area contributed by atoms with Crippen LogP contribution in [0.4, 0.5) is 0 Å². The van der Waals surface area contributed by atoms with E-state index in [1.807, 2.05) is 0 Å². The molecule has 1 aliphatic heterocycles. The fourth-order valence-corrected chi connectivity index (χ4v) is 5.37. The molecule has 0 aliphatic carbocycles. The second-order valence-electron chi connectivity index (χ2n) is 12.6. The van der Waals surface area contributed by atoms with E-state index in [-0.39, 0.29) is 10.8 Å². The number of fused-ring (bicyclic) bond motifs is 3. The molecule has 38 heavy (non-hydrogen) atoms. The summed E-state index contributed by atoms with van der Waals surface area (Å²) in [5, 5.41) is 3.44. The molecule has 6 rings (SSSR count). The number of ether oxygens (including phenoxy) is 1. The molecule has 0 N–H and O–H groups in total. The molecular weight excluding hydrogens is 468 g/mol. The van der Waals surface area contributed by atoms with Gasteiger partial charge in [0.1, 0.15) is 24.4 Å².